The van der Waals surface area contributed by atoms with Gasteiger partial charge in [0.2, 0.25) is 5.91 Å². The highest BCUT2D eigenvalue weighted by atomic mass is 35.5. The van der Waals surface area contributed by atoms with Gasteiger partial charge in [-0.05, 0) is 43.0 Å². The molecule has 1 aromatic carbocycles. The van der Waals surface area contributed by atoms with E-state index >= 15 is 0 Å². The highest BCUT2D eigenvalue weighted by Gasteiger charge is 2.24. The molecular formula is C23H26ClN5OS. The molecule has 2 fully saturated rings. The number of amides is 1. The lowest BCUT2D eigenvalue weighted by molar-refractivity contribution is -0.133. The summed E-state index contributed by atoms with van der Waals surface area (Å²) >= 11 is 7.76. The lowest BCUT2D eigenvalue weighted by Crippen LogP contribution is -2.50. The summed E-state index contributed by atoms with van der Waals surface area (Å²) < 4.78 is 1.12. The van der Waals surface area contributed by atoms with Crippen LogP contribution in [0.4, 0.5) is 5.82 Å². The molecule has 0 aliphatic carbocycles. The number of anilines is 1. The summed E-state index contributed by atoms with van der Waals surface area (Å²) in [7, 11) is 0. The van der Waals surface area contributed by atoms with Crippen LogP contribution in [0.5, 0.6) is 0 Å². The van der Waals surface area contributed by atoms with Crippen LogP contribution in [0.2, 0.25) is 5.02 Å². The molecule has 0 N–H and O–H groups in total. The lowest BCUT2D eigenvalue weighted by atomic mass is 10.1. The Bertz CT molecular complexity index is 1060. The first-order valence-corrected chi connectivity index (χ1v) is 12.1. The molecule has 0 spiro atoms. The van der Waals surface area contributed by atoms with Gasteiger partial charge in [0, 0.05) is 49.2 Å². The number of carbonyl (C=O) groups excluding carboxylic acids is 1. The maximum Gasteiger partial charge on any atom is 0.236 e. The standard InChI is InChI=1S/C23H26ClN5OS/c24-18-6-4-17(5-7-18)20-14-19-22(31-20)23(26-16-25-19)29-12-10-27(11-13-29)15-21(30)28-8-2-1-3-9-28/h4-7,14,16H,1-3,8-13,15H2. The number of benzene rings is 1. The van der Waals surface area contributed by atoms with Crippen LogP contribution in [0, 0.1) is 0 Å². The number of fused-ring (bicyclic) bond motifs is 1. The number of piperazine rings is 1. The minimum absolute atomic E-state index is 0.281. The van der Waals surface area contributed by atoms with E-state index in [0.29, 0.717) is 6.54 Å². The molecule has 2 aliphatic rings. The fourth-order valence-electron chi connectivity index (χ4n) is 4.38. The van der Waals surface area contributed by atoms with E-state index in [4.69, 9.17) is 11.6 Å². The Balaban J connectivity index is 1.27. The van der Waals surface area contributed by atoms with Crippen molar-refractivity contribution < 1.29 is 4.79 Å². The van der Waals surface area contributed by atoms with Crippen LogP contribution in [0.15, 0.2) is 36.7 Å². The molecule has 0 saturated carbocycles. The number of rotatable bonds is 4. The summed E-state index contributed by atoms with van der Waals surface area (Å²) in [6, 6.07) is 10.0. The summed E-state index contributed by atoms with van der Waals surface area (Å²) in [4.78, 5) is 29.5. The summed E-state index contributed by atoms with van der Waals surface area (Å²) in [6.07, 6.45) is 5.19. The minimum Gasteiger partial charge on any atom is -0.353 e. The number of piperidine rings is 1. The molecule has 31 heavy (non-hydrogen) atoms. The van der Waals surface area contributed by atoms with Crippen molar-refractivity contribution in [2.24, 2.45) is 0 Å². The van der Waals surface area contributed by atoms with Crippen LogP contribution in [-0.2, 0) is 4.79 Å². The van der Waals surface area contributed by atoms with Gasteiger partial charge in [-0.15, -0.1) is 11.3 Å². The first-order valence-electron chi connectivity index (χ1n) is 10.9. The van der Waals surface area contributed by atoms with Gasteiger partial charge in [0.05, 0.1) is 16.8 Å². The average molecular weight is 456 g/mol. The van der Waals surface area contributed by atoms with E-state index in [1.54, 1.807) is 17.7 Å². The molecule has 8 heteroatoms. The molecule has 3 aromatic rings. The third-order valence-corrected chi connectivity index (χ3v) is 7.58. The summed E-state index contributed by atoms with van der Waals surface area (Å²) in [5.74, 6) is 1.28. The monoisotopic (exact) mass is 455 g/mol. The lowest BCUT2D eigenvalue weighted by Gasteiger charge is -2.36. The molecule has 0 unspecified atom stereocenters. The first kappa shape index (κ1) is 20.7. The predicted molar refractivity (Wildman–Crippen MR) is 127 cm³/mol. The van der Waals surface area contributed by atoms with E-state index in [9.17, 15) is 4.79 Å². The van der Waals surface area contributed by atoms with Crippen LogP contribution < -0.4 is 4.90 Å². The smallest absolute Gasteiger partial charge is 0.236 e. The zero-order valence-electron chi connectivity index (χ0n) is 17.5. The highest BCUT2D eigenvalue weighted by molar-refractivity contribution is 7.22. The van der Waals surface area contributed by atoms with Crippen LogP contribution >= 0.6 is 22.9 Å². The molecule has 4 heterocycles. The normalized spacial score (nSPS) is 18.0. The Morgan fingerprint density at radius 2 is 1.71 bits per heavy atom. The molecule has 162 valence electrons. The average Bonchev–Trinajstić information content (AvgIpc) is 3.25. The maximum atomic E-state index is 12.6. The fourth-order valence-corrected chi connectivity index (χ4v) is 5.64. The highest BCUT2D eigenvalue weighted by Crippen LogP contribution is 2.37. The second-order valence-corrected chi connectivity index (χ2v) is 9.72. The van der Waals surface area contributed by atoms with E-state index in [2.05, 4.69) is 25.8 Å². The fraction of sp³-hybridized carbons (Fsp3) is 0.435. The Kier molecular flexibility index (Phi) is 6.07. The maximum absolute atomic E-state index is 12.6. The molecule has 0 bridgehead atoms. The first-order chi connectivity index (χ1) is 15.2. The van der Waals surface area contributed by atoms with Crippen LogP contribution in [0.3, 0.4) is 0 Å². The van der Waals surface area contributed by atoms with Crippen molar-refractivity contribution in [3.8, 4) is 10.4 Å². The van der Waals surface area contributed by atoms with Crippen molar-refractivity contribution in [2.75, 3.05) is 50.7 Å². The van der Waals surface area contributed by atoms with Crippen molar-refractivity contribution in [3.63, 3.8) is 0 Å². The molecular weight excluding hydrogens is 430 g/mol. The molecule has 2 aromatic heterocycles. The van der Waals surface area contributed by atoms with Crippen molar-refractivity contribution in [1.29, 1.82) is 0 Å². The zero-order chi connectivity index (χ0) is 21.2. The molecule has 2 saturated heterocycles. The topological polar surface area (TPSA) is 52.6 Å². The van der Waals surface area contributed by atoms with Crippen LogP contribution in [0.1, 0.15) is 19.3 Å². The van der Waals surface area contributed by atoms with Crippen LogP contribution in [-0.4, -0.2) is 71.5 Å². The van der Waals surface area contributed by atoms with E-state index in [0.717, 1.165) is 78.7 Å². The minimum atomic E-state index is 0.281. The van der Waals surface area contributed by atoms with Gasteiger partial charge in [-0.1, -0.05) is 23.7 Å². The van der Waals surface area contributed by atoms with Gasteiger partial charge in [0.1, 0.15) is 12.1 Å². The van der Waals surface area contributed by atoms with Gasteiger partial charge in [0.15, 0.2) is 0 Å². The van der Waals surface area contributed by atoms with E-state index in [-0.39, 0.29) is 5.91 Å². The third kappa shape index (κ3) is 4.54. The number of halogens is 1. The second kappa shape index (κ2) is 9.10. The van der Waals surface area contributed by atoms with Gasteiger partial charge in [-0.25, -0.2) is 9.97 Å². The largest absolute Gasteiger partial charge is 0.353 e. The zero-order valence-corrected chi connectivity index (χ0v) is 19.0. The number of carbonyl (C=O) groups is 1. The number of likely N-dealkylation sites (tertiary alicyclic amines) is 1. The van der Waals surface area contributed by atoms with E-state index in [1.807, 2.05) is 29.2 Å². The van der Waals surface area contributed by atoms with Gasteiger partial charge in [0.25, 0.3) is 0 Å². The van der Waals surface area contributed by atoms with Crippen molar-refractivity contribution in [3.05, 3.63) is 41.7 Å². The van der Waals surface area contributed by atoms with Crippen molar-refractivity contribution in [1.82, 2.24) is 19.8 Å². The molecule has 5 rings (SSSR count). The molecule has 0 radical (unpaired) electrons. The number of nitrogens with zero attached hydrogens (tertiary/aromatic N) is 5. The Morgan fingerprint density at radius 1 is 0.968 bits per heavy atom. The SMILES string of the molecule is O=C(CN1CCN(c2ncnc3cc(-c4ccc(Cl)cc4)sc23)CC1)N1CCCCC1. The summed E-state index contributed by atoms with van der Waals surface area (Å²) in [5.41, 5.74) is 2.11. The molecule has 6 nitrogen and oxygen atoms in total. The van der Waals surface area contributed by atoms with Gasteiger partial charge in [-0.3, -0.25) is 9.69 Å². The number of aromatic nitrogens is 2. The van der Waals surface area contributed by atoms with Gasteiger partial charge in [-0.2, -0.15) is 0 Å². The van der Waals surface area contributed by atoms with E-state index in [1.165, 1.54) is 11.3 Å². The second-order valence-electron chi connectivity index (χ2n) is 8.23. The van der Waals surface area contributed by atoms with E-state index < -0.39 is 0 Å². The van der Waals surface area contributed by atoms with Crippen molar-refractivity contribution in [2.45, 2.75) is 19.3 Å². The number of hydrogen-bond donors (Lipinski definition) is 0. The molecule has 1 amide bonds. The number of hydrogen-bond acceptors (Lipinski definition) is 6. The summed E-state index contributed by atoms with van der Waals surface area (Å²) in [6.45, 7) is 5.87. The Hall–Kier alpha value is -2.22. The van der Waals surface area contributed by atoms with Gasteiger partial charge < -0.3 is 9.80 Å². The van der Waals surface area contributed by atoms with Crippen molar-refractivity contribution >= 4 is 44.9 Å². The quantitative estimate of drug-likeness (QED) is 0.591. The Labute approximate surface area is 191 Å². The molecule has 0 atom stereocenters. The number of thiophene rings is 1. The Morgan fingerprint density at radius 3 is 2.45 bits per heavy atom. The summed E-state index contributed by atoms with van der Waals surface area (Å²) in [5, 5.41) is 0.738. The van der Waals surface area contributed by atoms with Crippen LogP contribution in [0.25, 0.3) is 20.7 Å². The molecule has 2 aliphatic heterocycles. The van der Waals surface area contributed by atoms with Gasteiger partial charge >= 0.3 is 0 Å². The third-order valence-electron chi connectivity index (χ3n) is 6.16. The predicted octanol–water partition coefficient (Wildman–Crippen LogP) is 4.15.